The molecule has 0 saturated heterocycles. The van der Waals surface area contributed by atoms with E-state index in [1.165, 1.54) is 87.8 Å². The van der Waals surface area contributed by atoms with E-state index >= 15 is 0 Å². The predicted octanol–water partition coefficient (Wildman–Crippen LogP) is 13.0. The van der Waals surface area contributed by atoms with Crippen molar-refractivity contribution in [1.82, 2.24) is 0 Å². The molecule has 7 aromatic rings. The number of rotatable bonds is 6. The van der Waals surface area contributed by atoms with Crippen LogP contribution in [0.5, 0.6) is 11.5 Å². The van der Waals surface area contributed by atoms with Crippen LogP contribution in [0.15, 0.2) is 163 Å². The van der Waals surface area contributed by atoms with Crippen LogP contribution >= 0.6 is 0 Å². The lowest BCUT2D eigenvalue weighted by molar-refractivity contribution is -0.801. The molecule has 0 amide bonds. The normalized spacial score (nSPS) is 18.8. The van der Waals surface area contributed by atoms with Crippen LogP contribution < -0.4 is 24.5 Å². The topological polar surface area (TPSA) is 22.3 Å². The number of aryl methyl sites for hydroxylation is 2. The maximum atomic E-state index is 7.62. The van der Waals surface area contributed by atoms with Gasteiger partial charge < -0.3 is 9.47 Å². The third kappa shape index (κ3) is 5.81. The highest BCUT2D eigenvalue weighted by atomic mass is 16.7. The average molecular weight is 793 g/mol. The first-order valence-corrected chi connectivity index (χ1v) is 21.9. The lowest BCUT2D eigenvalue weighted by Crippen LogP contribution is -2.68. The van der Waals surface area contributed by atoms with E-state index < -0.39 is 5.91 Å². The number of benzene rings is 6. The van der Waals surface area contributed by atoms with E-state index in [0.717, 1.165) is 46.2 Å². The van der Waals surface area contributed by atoms with Gasteiger partial charge in [-0.3, -0.25) is 0 Å². The minimum atomic E-state index is -1.29. The third-order valence-electron chi connectivity index (χ3n) is 13.4. The molecule has 0 bridgehead atoms. The van der Waals surface area contributed by atoms with Gasteiger partial charge in [0.1, 0.15) is 17.1 Å². The first-order chi connectivity index (χ1) is 29.7. The zero-order chi connectivity index (χ0) is 41.6. The van der Waals surface area contributed by atoms with Gasteiger partial charge in [-0.15, -0.1) is 4.57 Å². The Morgan fingerprint density at radius 3 is 2.07 bits per heavy atom. The van der Waals surface area contributed by atoms with Crippen molar-refractivity contribution in [2.45, 2.75) is 66.7 Å². The number of aromatic nitrogens is 1. The van der Waals surface area contributed by atoms with Crippen LogP contribution in [0.1, 0.15) is 63.6 Å². The highest BCUT2D eigenvalue weighted by Crippen LogP contribution is 2.48. The molecular formula is C58H50NO2+. The summed E-state index contributed by atoms with van der Waals surface area (Å²) in [5.74, 6) is 0.627. The minimum Gasteiger partial charge on any atom is -0.395 e. The Hall–Kier alpha value is -6.71. The molecule has 6 aromatic carbocycles. The number of ether oxygens (including phenoxy) is 2. The zero-order valence-corrected chi connectivity index (χ0v) is 35.9. The highest BCUT2D eigenvalue weighted by Gasteiger charge is 2.57. The van der Waals surface area contributed by atoms with Gasteiger partial charge in [0.25, 0.3) is 0 Å². The molecule has 298 valence electrons. The molecule has 2 aliphatic carbocycles. The van der Waals surface area contributed by atoms with E-state index in [2.05, 4.69) is 198 Å². The summed E-state index contributed by atoms with van der Waals surface area (Å²) in [5.41, 5.74) is 15.9. The first-order valence-electron chi connectivity index (χ1n) is 21.9. The van der Waals surface area contributed by atoms with Crippen LogP contribution in [-0.2, 0) is 5.91 Å². The molecule has 1 spiro atoms. The summed E-state index contributed by atoms with van der Waals surface area (Å²) in [6.45, 7) is 13.0. The van der Waals surface area contributed by atoms with Gasteiger partial charge in [0, 0.05) is 34.6 Å². The van der Waals surface area contributed by atoms with E-state index in [0.29, 0.717) is 6.42 Å². The van der Waals surface area contributed by atoms with Crippen molar-refractivity contribution in [2.75, 3.05) is 0 Å². The van der Waals surface area contributed by atoms with Gasteiger partial charge >= 0.3 is 5.91 Å². The molecule has 2 atom stereocenters. The summed E-state index contributed by atoms with van der Waals surface area (Å²) < 4.78 is 17.5. The van der Waals surface area contributed by atoms with Gasteiger partial charge in [0.2, 0.25) is 5.52 Å². The fourth-order valence-electron chi connectivity index (χ4n) is 10.2. The van der Waals surface area contributed by atoms with E-state index in [9.17, 15) is 0 Å². The smallest absolute Gasteiger partial charge is 0.395 e. The van der Waals surface area contributed by atoms with Gasteiger partial charge in [-0.05, 0) is 115 Å². The molecule has 61 heavy (non-hydrogen) atoms. The molecular weight excluding hydrogens is 743 g/mol. The number of nitrogens with zero attached hydrogens (tertiary/aromatic N) is 1. The second kappa shape index (κ2) is 14.2. The van der Waals surface area contributed by atoms with Crippen molar-refractivity contribution < 1.29 is 14.0 Å². The molecule has 0 radical (unpaired) electrons. The minimum absolute atomic E-state index is 0.260. The number of fused-ring (bicyclic) bond motifs is 2. The summed E-state index contributed by atoms with van der Waals surface area (Å²) in [7, 11) is 0. The maximum Gasteiger partial charge on any atom is 0.504 e. The van der Waals surface area contributed by atoms with Crippen LogP contribution in [0.3, 0.4) is 0 Å². The Bertz CT molecular complexity index is 3310. The number of hydrogen-bond acceptors (Lipinski definition) is 2. The quantitative estimate of drug-likeness (QED) is 0.0951. The second-order valence-corrected chi connectivity index (χ2v) is 17.6. The van der Waals surface area contributed by atoms with Gasteiger partial charge in [0.05, 0.1) is 10.8 Å². The van der Waals surface area contributed by atoms with Crippen molar-refractivity contribution in [2.24, 2.45) is 5.92 Å². The van der Waals surface area contributed by atoms with Crippen molar-refractivity contribution in [1.29, 1.82) is 0 Å². The van der Waals surface area contributed by atoms with E-state index in [1.807, 2.05) is 0 Å². The summed E-state index contributed by atoms with van der Waals surface area (Å²) in [6.07, 6.45) is 21.0. The van der Waals surface area contributed by atoms with Crippen LogP contribution in [0.2, 0.25) is 0 Å². The van der Waals surface area contributed by atoms with Crippen molar-refractivity contribution >= 4 is 49.2 Å². The average Bonchev–Trinajstić information content (AvgIpc) is 3.48. The lowest BCUT2D eigenvalue weighted by atomic mass is 9.86. The summed E-state index contributed by atoms with van der Waals surface area (Å²) in [4.78, 5) is 0. The molecule has 0 fully saturated rings. The fourth-order valence-corrected chi connectivity index (χ4v) is 10.2. The molecule has 4 aliphatic rings. The van der Waals surface area contributed by atoms with Crippen LogP contribution in [-0.4, -0.2) is 0 Å². The van der Waals surface area contributed by atoms with E-state index in [-0.39, 0.29) is 5.92 Å². The van der Waals surface area contributed by atoms with E-state index in [4.69, 9.17) is 9.47 Å². The Labute approximate surface area is 358 Å². The molecule has 0 saturated carbocycles. The Balaban J connectivity index is 1.27. The summed E-state index contributed by atoms with van der Waals surface area (Å²) in [6, 6.07) is 38.3. The fraction of sp³-hybridized carbons (Fsp3) is 0.190. The lowest BCUT2D eigenvalue weighted by Gasteiger charge is -2.37. The number of pyridine rings is 1. The number of hydrogen-bond donors (Lipinski definition) is 0. The van der Waals surface area contributed by atoms with Gasteiger partial charge in [-0.2, -0.15) is 0 Å². The Kier molecular flexibility index (Phi) is 8.68. The maximum absolute atomic E-state index is 7.62. The van der Waals surface area contributed by atoms with Crippen molar-refractivity contribution in [3.05, 3.63) is 190 Å². The molecule has 3 heteroatoms. The SMILES string of the molecule is CCC(=CC=C(C)C)c1ccc2c3c1ccc1c(-c4ccc(C)cc4)cc[n+](c13)C1(Oc3ccc(-c4ccc(C)cc4)c4ccc5c(c34)=C1CC=CC=5C1C=CC(C)=CC1)O2. The van der Waals surface area contributed by atoms with Crippen LogP contribution in [0.4, 0.5) is 0 Å². The van der Waals surface area contributed by atoms with E-state index in [1.54, 1.807) is 0 Å². The van der Waals surface area contributed by atoms with Crippen molar-refractivity contribution in [3.63, 3.8) is 0 Å². The molecule has 2 aliphatic heterocycles. The third-order valence-corrected chi connectivity index (χ3v) is 13.4. The van der Waals surface area contributed by atoms with Crippen molar-refractivity contribution in [3.8, 4) is 33.8 Å². The van der Waals surface area contributed by atoms with Crippen LogP contribution in [0, 0.1) is 19.8 Å². The van der Waals surface area contributed by atoms with Gasteiger partial charge in [-0.1, -0.05) is 151 Å². The van der Waals surface area contributed by atoms with Gasteiger partial charge in [0.15, 0.2) is 6.20 Å². The standard InChI is InChI=1S/C58H50NO2/c1-7-39(18-11-35(2)3)44-29-32-53-56-49(44)27-28-50-46(42-23-16-38(6)17-24-42)33-34-59(57(50)56)58(61-53)51-10-8-9-43(40-19-12-36(4)13-20-40)47-25-26-48-45(41-21-14-37(5)15-22-41)30-31-52(60-58)55(48)54(47)51/h8-9,11-19,21-34,40H,7,10,20H2,1-6H3/q+1. The Morgan fingerprint density at radius 1 is 0.705 bits per heavy atom. The number of allylic oxidation sites excluding steroid dienone is 10. The molecule has 3 heterocycles. The first kappa shape index (κ1) is 37.3. The predicted molar refractivity (Wildman–Crippen MR) is 254 cm³/mol. The monoisotopic (exact) mass is 792 g/mol. The summed E-state index contributed by atoms with van der Waals surface area (Å²) >= 11 is 0. The Morgan fingerprint density at radius 2 is 1.38 bits per heavy atom. The molecule has 2 unspecified atom stereocenters. The molecule has 0 N–H and O–H groups in total. The molecule has 11 rings (SSSR count). The zero-order valence-electron chi connectivity index (χ0n) is 35.9. The highest BCUT2D eigenvalue weighted by molar-refractivity contribution is 6.14. The molecule has 3 nitrogen and oxygen atoms in total. The van der Waals surface area contributed by atoms with Crippen LogP contribution in [0.25, 0.3) is 71.4 Å². The molecule has 1 aromatic heterocycles. The van der Waals surface area contributed by atoms with Gasteiger partial charge in [-0.25, -0.2) is 0 Å². The largest absolute Gasteiger partial charge is 0.504 e. The second-order valence-electron chi connectivity index (χ2n) is 17.6. The summed E-state index contributed by atoms with van der Waals surface area (Å²) in [5, 5.41) is 8.27.